The Balaban J connectivity index is 0.853. The summed E-state index contributed by atoms with van der Waals surface area (Å²) in [6, 6.07) is 49.5. The maximum absolute atomic E-state index is 10.4. The van der Waals surface area contributed by atoms with Gasteiger partial charge in [-0.1, -0.05) is 277 Å². The van der Waals surface area contributed by atoms with E-state index in [1.165, 1.54) is 13.7 Å². The first-order valence-corrected chi connectivity index (χ1v) is 43.2. The van der Waals surface area contributed by atoms with E-state index >= 15 is 0 Å². The molecule has 0 N–H and O–H groups in total. The second kappa shape index (κ2) is 26.3. The molecule has 0 unspecified atom stereocenters. The molecule has 0 saturated heterocycles. The van der Waals surface area contributed by atoms with Crippen LogP contribution in [0.2, 0.25) is 0 Å². The fraction of sp³-hybridized carbons (Fsp3) is 0.136. The van der Waals surface area contributed by atoms with Gasteiger partial charge in [0.2, 0.25) is 0 Å². The third-order valence-electron chi connectivity index (χ3n) is 26.8. The minimum absolute atomic E-state index is 0.0529. The first-order valence-electron chi connectivity index (χ1n) is 55.2. The average Bonchev–Trinajstić information content (AvgIpc) is 1.46. The zero-order valence-electron chi connectivity index (χ0n) is 96.0. The highest BCUT2D eigenvalue weighted by molar-refractivity contribution is 7.00. The van der Waals surface area contributed by atoms with E-state index in [-0.39, 0.29) is 115 Å². The lowest BCUT2D eigenvalue weighted by Crippen LogP contribution is -2.61. The first-order chi connectivity index (χ1) is 72.0. The summed E-state index contributed by atoms with van der Waals surface area (Å²) in [4.78, 5) is 4.03. The fourth-order valence-electron chi connectivity index (χ4n) is 20.6. The van der Waals surface area contributed by atoms with Crippen molar-refractivity contribution in [2.45, 2.75) is 105 Å². The fourth-order valence-corrected chi connectivity index (χ4v) is 20.6. The molecule has 17 aromatic carbocycles. The normalized spacial score (nSPS) is 16.0. The molecule has 9 nitrogen and oxygen atoms in total. The summed E-state index contributed by atoms with van der Waals surface area (Å²) in [5.41, 5.74) is 12.1. The molecule has 0 saturated carbocycles. The maximum Gasteiger partial charge on any atom is 0.252 e. The predicted octanol–water partition coefficient (Wildman–Crippen LogP) is 30.2. The summed E-state index contributed by atoms with van der Waals surface area (Å²) in [7, 11) is 0. The van der Waals surface area contributed by atoms with E-state index in [1.54, 1.807) is 18.2 Å². The lowest BCUT2D eigenvalue weighted by Gasteiger charge is -2.44. The van der Waals surface area contributed by atoms with Crippen LogP contribution < -0.4 is 26.2 Å². The van der Waals surface area contributed by atoms with Crippen molar-refractivity contribution in [3.63, 3.8) is 0 Å². The number of rotatable bonds is 7. The summed E-state index contributed by atoms with van der Waals surface area (Å²) >= 11 is 0. The molecule has 0 spiro atoms. The van der Waals surface area contributed by atoms with Crippen molar-refractivity contribution >= 4 is 210 Å². The molecule has 24 aromatic rings. The van der Waals surface area contributed by atoms with E-state index in [2.05, 4.69) is 183 Å². The van der Waals surface area contributed by atoms with Gasteiger partial charge in [0.25, 0.3) is 6.71 Å². The van der Waals surface area contributed by atoms with Crippen LogP contribution in [0.3, 0.4) is 0 Å². The van der Waals surface area contributed by atoms with Gasteiger partial charge in [0.15, 0.2) is 22.3 Å². The molecule has 614 valence electrons. The molecule has 26 rings (SSSR count). The van der Waals surface area contributed by atoms with Crippen LogP contribution >= 0.6 is 0 Å². The highest BCUT2D eigenvalue weighted by Gasteiger charge is 2.46. The zero-order chi connectivity index (χ0) is 107. The summed E-state index contributed by atoms with van der Waals surface area (Å²) in [5, 5.41) is 5.02. The largest absolute Gasteiger partial charge is 0.452 e. The molecule has 0 fully saturated rings. The summed E-state index contributed by atoms with van der Waals surface area (Å²) in [6.45, 7) is 25.2. The highest BCUT2D eigenvalue weighted by Crippen LogP contribution is 2.54. The van der Waals surface area contributed by atoms with Gasteiger partial charge in [-0.05, 0) is 206 Å². The van der Waals surface area contributed by atoms with E-state index in [0.717, 1.165) is 65.9 Å². The Labute approximate surface area is 775 Å². The number of para-hydroxylation sites is 10. The van der Waals surface area contributed by atoms with Crippen molar-refractivity contribution in [2.75, 3.05) is 9.80 Å². The Morgan fingerprint density at radius 1 is 0.219 bits per heavy atom. The van der Waals surface area contributed by atoms with Crippen LogP contribution in [0.25, 0.3) is 181 Å². The van der Waals surface area contributed by atoms with Gasteiger partial charge in [0.1, 0.15) is 0 Å². The SMILES string of the molecule is [2H]c1c([2H])c([2H])c2c(c1[2H])c1c([2H])c([2H])c([2H])c([2H])c1n2-c1ccc2c(c1)N(c1cccc3c1oc1c(-n4c5ccc(C(C)(C)C)cc5c5cc(C(C)(C)C)ccc54)cccc13)c1cc(-n3c4c([2H])c([2H])c([2H])c([2H])c4c4c([2H])c([2H])c([2H])c([2H])c43)cc3c1B2c1ccc(-n2c4ccc(C(C)(C)C)cc4c4cc(C(C)(C)C)ccc42)cc1N3c1cccc2c1oc1c(-n3c4c([2H])c([2H])c([2H])c([2H])c4c4c([2H])c([2H])c([2H])c([2H])c43)cccc12. The second-order valence-electron chi connectivity index (χ2n) is 38.3. The van der Waals surface area contributed by atoms with Crippen molar-refractivity contribution in [3.05, 3.63) is 361 Å². The van der Waals surface area contributed by atoms with Crippen molar-refractivity contribution in [1.82, 2.24) is 22.8 Å². The summed E-state index contributed by atoms with van der Waals surface area (Å²) in [6.07, 6.45) is 0. The molecule has 0 amide bonds. The van der Waals surface area contributed by atoms with E-state index in [4.69, 9.17) is 11.6 Å². The summed E-state index contributed by atoms with van der Waals surface area (Å²) < 4.78 is 256. The number of hydrogen-bond donors (Lipinski definition) is 0. The molecule has 0 atom stereocenters. The molecular formula is C118H92BN7O2. The van der Waals surface area contributed by atoms with Crippen LogP contribution in [-0.2, 0) is 21.7 Å². The van der Waals surface area contributed by atoms with Crippen molar-refractivity contribution in [1.29, 1.82) is 0 Å². The highest BCUT2D eigenvalue weighted by atomic mass is 16.3. The van der Waals surface area contributed by atoms with E-state index in [9.17, 15) is 30.2 Å². The lowest BCUT2D eigenvalue weighted by atomic mass is 9.33. The number of nitrogens with zero attached hydrogens (tertiary/aromatic N) is 7. The van der Waals surface area contributed by atoms with E-state index in [0.29, 0.717) is 94.6 Å². The maximum atomic E-state index is 10.4. The number of anilines is 6. The van der Waals surface area contributed by atoms with Crippen LogP contribution in [0.1, 0.15) is 138 Å². The van der Waals surface area contributed by atoms with Gasteiger partial charge in [-0.25, -0.2) is 0 Å². The monoisotopic (exact) mass is 1670 g/mol. The Morgan fingerprint density at radius 3 is 0.797 bits per heavy atom. The predicted molar refractivity (Wildman–Crippen MR) is 542 cm³/mol. The van der Waals surface area contributed by atoms with Gasteiger partial charge < -0.3 is 41.5 Å². The molecule has 0 bridgehead atoms. The number of hydrogen-bond acceptors (Lipinski definition) is 4. The second-order valence-corrected chi connectivity index (χ2v) is 38.3. The molecule has 2 aliphatic rings. The van der Waals surface area contributed by atoms with Gasteiger partial charge in [-0.3, -0.25) is 0 Å². The zero-order valence-corrected chi connectivity index (χ0v) is 72.0. The molecular weight excluding hydrogens is 1560 g/mol. The van der Waals surface area contributed by atoms with E-state index < -0.39 is 152 Å². The third kappa shape index (κ3) is 10.5. The smallest absolute Gasteiger partial charge is 0.252 e. The quantitative estimate of drug-likeness (QED) is 0.149. The number of fused-ring (bicyclic) bond motifs is 25. The Kier molecular flexibility index (Phi) is 11.1. The number of benzene rings is 17. The molecule has 128 heavy (non-hydrogen) atoms. The van der Waals surface area contributed by atoms with Crippen molar-refractivity contribution < 1.29 is 41.7 Å². The standard InChI is InChI=1S/C118H92BN7O2/c1-115(2,3)69-49-57-98-86(61-69)87-62-70(116(4,5)6)50-58-99(87)121(98)74-54-56-91-107(66-74)126(104-47-27-37-84-82-35-25-45-102(111(82)127-113(84)104)123-96-43-23-17-33-80(96)81-34-18-24-44-97(81)123)109-68-75(122-94-41-21-15-31-78(94)79-32-16-22-42-95(79)122)67-108-110(109)119(91)90-55-53-73(120-92-39-19-13-29-76(92)77-30-14-20-40-93(77)120)65-106(90)125(108)105-48-28-38-85-83-36-26-46-103(112(83)128-114(85)105)124-100-59-51-71(117(7,8)9)63-88(100)89-64-72(118(10,11)12)52-60-101(89)124/h13-68H,1-12H3/i13D,14D,15D,16D,17D,18D,19D,20D,21D,22D,23D,24D,29D,30D,31D,32D,33D,34D,39D,40D,41D,42D,43D,44D. The van der Waals surface area contributed by atoms with Gasteiger partial charge in [0.05, 0.1) is 117 Å². The minimum Gasteiger partial charge on any atom is -0.452 e. The minimum atomic E-state index is -1.01. The molecule has 7 aromatic heterocycles. The van der Waals surface area contributed by atoms with Crippen LogP contribution in [0.5, 0.6) is 0 Å². The average molecular weight is 1680 g/mol. The topological polar surface area (TPSA) is 57.4 Å². The Morgan fingerprint density at radius 2 is 0.477 bits per heavy atom. The number of furan rings is 2. The van der Waals surface area contributed by atoms with Crippen molar-refractivity contribution in [3.8, 4) is 28.4 Å². The third-order valence-corrected chi connectivity index (χ3v) is 26.8. The van der Waals surface area contributed by atoms with Gasteiger partial charge in [0, 0.05) is 110 Å². The van der Waals surface area contributed by atoms with Crippen LogP contribution in [0, 0.1) is 0 Å². The summed E-state index contributed by atoms with van der Waals surface area (Å²) in [5.74, 6) is 0. The first kappa shape index (κ1) is 54.0. The molecule has 0 radical (unpaired) electrons. The number of aromatic nitrogens is 5. The van der Waals surface area contributed by atoms with Crippen LogP contribution in [-0.4, -0.2) is 29.5 Å². The van der Waals surface area contributed by atoms with Crippen LogP contribution in [0.4, 0.5) is 34.1 Å². The Bertz CT molecular complexity index is 10200. The van der Waals surface area contributed by atoms with Crippen LogP contribution in [0.15, 0.2) is 348 Å². The van der Waals surface area contributed by atoms with Gasteiger partial charge >= 0.3 is 0 Å². The van der Waals surface area contributed by atoms with Gasteiger partial charge in [-0.15, -0.1) is 0 Å². The molecule has 10 heteroatoms. The molecule has 9 heterocycles. The van der Waals surface area contributed by atoms with Crippen molar-refractivity contribution in [2.24, 2.45) is 0 Å². The molecule has 2 aliphatic heterocycles. The van der Waals surface area contributed by atoms with E-state index in [1.807, 2.05) is 94.7 Å². The Hall–Kier alpha value is -15.0. The lowest BCUT2D eigenvalue weighted by molar-refractivity contribution is 0.590. The van der Waals surface area contributed by atoms with Gasteiger partial charge in [-0.2, -0.15) is 0 Å². The molecule has 0 aliphatic carbocycles.